The largest absolute Gasteiger partial charge is 0.494 e. The van der Waals surface area contributed by atoms with Crippen molar-refractivity contribution in [2.45, 2.75) is 6.92 Å². The van der Waals surface area contributed by atoms with Gasteiger partial charge in [-0.15, -0.1) is 0 Å². The lowest BCUT2D eigenvalue weighted by molar-refractivity contribution is 0.0950. The Morgan fingerprint density at radius 3 is 2.77 bits per heavy atom. The van der Waals surface area contributed by atoms with Crippen molar-refractivity contribution in [3.05, 3.63) is 70.3 Å². The van der Waals surface area contributed by atoms with E-state index < -0.39 is 0 Å². The first-order valence-corrected chi connectivity index (χ1v) is 8.83. The van der Waals surface area contributed by atoms with Gasteiger partial charge in [0.05, 0.1) is 18.5 Å². The van der Waals surface area contributed by atoms with Gasteiger partial charge >= 0.3 is 0 Å². The number of nitrogens with zero attached hydrogens (tertiary/aromatic N) is 2. The monoisotopic (exact) mass is 412 g/mol. The number of hydrazone groups is 1. The number of carbonyl (C=O) groups is 1. The Balaban J connectivity index is 1.65. The first-order chi connectivity index (χ1) is 12.7. The first-order valence-electron chi connectivity index (χ1n) is 8.04. The van der Waals surface area contributed by atoms with E-state index in [2.05, 4.69) is 36.7 Å². The Bertz CT molecular complexity index is 919. The summed E-state index contributed by atoms with van der Waals surface area (Å²) in [5.41, 5.74) is 5.25. The van der Waals surface area contributed by atoms with Crippen LogP contribution in [0.5, 0.6) is 5.75 Å². The Hall–Kier alpha value is -2.93. The fourth-order valence-corrected chi connectivity index (χ4v) is 2.66. The number of benzene rings is 2. The van der Waals surface area contributed by atoms with Crippen LogP contribution in [0.1, 0.15) is 23.0 Å². The molecule has 0 aliphatic heterocycles. The fraction of sp³-hybridized carbons (Fsp3) is 0.105. The topological polar surface area (TPSA) is 79.4 Å². The van der Waals surface area contributed by atoms with Gasteiger partial charge in [0.2, 0.25) is 0 Å². The van der Waals surface area contributed by atoms with Crippen molar-refractivity contribution >= 4 is 28.1 Å². The van der Waals surface area contributed by atoms with Gasteiger partial charge < -0.3 is 4.74 Å². The van der Waals surface area contributed by atoms with Crippen LogP contribution in [-0.2, 0) is 0 Å². The summed E-state index contributed by atoms with van der Waals surface area (Å²) < 4.78 is 6.32. The SMILES string of the molecule is CCOc1ccc(-c2cc(C(=O)N/N=C/c3ccccc3Br)[nH]n2)cc1. The van der Waals surface area contributed by atoms with Crippen molar-refractivity contribution in [3.63, 3.8) is 0 Å². The number of hydrogen-bond donors (Lipinski definition) is 2. The molecule has 0 spiro atoms. The third-order valence-corrected chi connectivity index (χ3v) is 4.28. The summed E-state index contributed by atoms with van der Waals surface area (Å²) in [6.07, 6.45) is 1.58. The number of halogens is 1. The molecule has 0 aliphatic carbocycles. The maximum absolute atomic E-state index is 12.2. The van der Waals surface area contributed by atoms with E-state index in [-0.39, 0.29) is 5.91 Å². The first kappa shape index (κ1) is 17.9. The van der Waals surface area contributed by atoms with E-state index in [0.717, 1.165) is 21.3 Å². The molecule has 1 aromatic heterocycles. The molecular formula is C19H17BrN4O2. The lowest BCUT2D eigenvalue weighted by Gasteiger charge is -2.02. The summed E-state index contributed by atoms with van der Waals surface area (Å²) in [5.74, 6) is 0.434. The van der Waals surface area contributed by atoms with E-state index >= 15 is 0 Å². The van der Waals surface area contributed by atoms with Crippen molar-refractivity contribution in [2.75, 3.05) is 6.61 Å². The quantitative estimate of drug-likeness (QED) is 0.474. The highest BCUT2D eigenvalue weighted by Crippen LogP contribution is 2.21. The molecule has 7 heteroatoms. The lowest BCUT2D eigenvalue weighted by Crippen LogP contribution is -2.18. The fourth-order valence-electron chi connectivity index (χ4n) is 2.27. The van der Waals surface area contributed by atoms with Crippen LogP contribution in [0.25, 0.3) is 11.3 Å². The Labute approximate surface area is 159 Å². The Kier molecular flexibility index (Phi) is 5.80. The average Bonchev–Trinajstić information content (AvgIpc) is 3.14. The predicted octanol–water partition coefficient (Wildman–Crippen LogP) is 4.00. The number of carbonyl (C=O) groups excluding carboxylic acids is 1. The minimum atomic E-state index is -0.363. The Morgan fingerprint density at radius 2 is 2.04 bits per heavy atom. The van der Waals surface area contributed by atoms with Crippen LogP contribution < -0.4 is 10.2 Å². The molecule has 2 aromatic carbocycles. The highest BCUT2D eigenvalue weighted by Gasteiger charge is 2.10. The zero-order chi connectivity index (χ0) is 18.4. The number of aromatic nitrogens is 2. The number of rotatable bonds is 6. The van der Waals surface area contributed by atoms with E-state index in [0.29, 0.717) is 18.0 Å². The standard InChI is InChI=1S/C19H17BrN4O2/c1-2-26-15-9-7-13(8-10-15)17-11-18(23-22-17)19(25)24-21-12-14-5-3-4-6-16(14)20/h3-12H,2H2,1H3,(H,22,23)(H,24,25)/b21-12+. The van der Waals surface area contributed by atoms with Crippen molar-refractivity contribution in [2.24, 2.45) is 5.10 Å². The summed E-state index contributed by atoms with van der Waals surface area (Å²) in [7, 11) is 0. The molecule has 2 N–H and O–H groups in total. The molecule has 3 rings (SSSR count). The summed E-state index contributed by atoms with van der Waals surface area (Å²) >= 11 is 3.42. The van der Waals surface area contributed by atoms with Gasteiger partial charge in [-0.3, -0.25) is 9.89 Å². The molecule has 0 fully saturated rings. The number of aromatic amines is 1. The number of H-pyrrole nitrogens is 1. The summed E-state index contributed by atoms with van der Waals surface area (Å²) in [6, 6.07) is 16.8. The maximum Gasteiger partial charge on any atom is 0.289 e. The average molecular weight is 413 g/mol. The molecule has 0 saturated carbocycles. The molecular weight excluding hydrogens is 396 g/mol. The number of hydrogen-bond acceptors (Lipinski definition) is 4. The molecule has 26 heavy (non-hydrogen) atoms. The zero-order valence-electron chi connectivity index (χ0n) is 14.1. The molecule has 132 valence electrons. The normalized spacial score (nSPS) is 10.8. The third-order valence-electron chi connectivity index (χ3n) is 3.56. The van der Waals surface area contributed by atoms with Gasteiger partial charge in [-0.05, 0) is 43.3 Å². The molecule has 0 saturated heterocycles. The second kappa shape index (κ2) is 8.44. The van der Waals surface area contributed by atoms with Crippen molar-refractivity contribution in [1.82, 2.24) is 15.6 Å². The van der Waals surface area contributed by atoms with Gasteiger partial charge in [0.25, 0.3) is 5.91 Å². The second-order valence-corrected chi connectivity index (χ2v) is 6.20. The second-order valence-electron chi connectivity index (χ2n) is 5.34. The van der Waals surface area contributed by atoms with Crippen molar-refractivity contribution < 1.29 is 9.53 Å². The van der Waals surface area contributed by atoms with Crippen LogP contribution in [0.2, 0.25) is 0 Å². The van der Waals surface area contributed by atoms with Crippen molar-refractivity contribution in [3.8, 4) is 17.0 Å². The van der Waals surface area contributed by atoms with Crippen LogP contribution in [0.3, 0.4) is 0 Å². The number of ether oxygens (including phenoxy) is 1. The smallest absolute Gasteiger partial charge is 0.289 e. The van der Waals surface area contributed by atoms with Gasteiger partial charge in [0.15, 0.2) is 0 Å². The van der Waals surface area contributed by atoms with E-state index in [1.54, 1.807) is 12.3 Å². The van der Waals surface area contributed by atoms with Gasteiger partial charge in [-0.2, -0.15) is 10.2 Å². The minimum Gasteiger partial charge on any atom is -0.494 e. The molecule has 0 bridgehead atoms. The van der Waals surface area contributed by atoms with Gasteiger partial charge in [0, 0.05) is 15.6 Å². The lowest BCUT2D eigenvalue weighted by atomic mass is 10.1. The van der Waals surface area contributed by atoms with Crippen LogP contribution in [-0.4, -0.2) is 28.9 Å². The number of nitrogens with one attached hydrogen (secondary N) is 2. The molecule has 0 unspecified atom stereocenters. The molecule has 1 amide bonds. The van der Waals surface area contributed by atoms with E-state index in [1.807, 2.05) is 55.5 Å². The van der Waals surface area contributed by atoms with Crippen LogP contribution in [0, 0.1) is 0 Å². The molecule has 1 heterocycles. The molecule has 6 nitrogen and oxygen atoms in total. The van der Waals surface area contributed by atoms with Gasteiger partial charge in [-0.25, -0.2) is 5.43 Å². The summed E-state index contributed by atoms with van der Waals surface area (Å²) in [4.78, 5) is 12.2. The maximum atomic E-state index is 12.2. The van der Waals surface area contributed by atoms with Gasteiger partial charge in [0.1, 0.15) is 11.4 Å². The molecule has 0 atom stereocenters. The number of amides is 1. The van der Waals surface area contributed by atoms with E-state index in [1.165, 1.54) is 0 Å². The highest BCUT2D eigenvalue weighted by atomic mass is 79.9. The van der Waals surface area contributed by atoms with Crippen LogP contribution >= 0.6 is 15.9 Å². The minimum absolute atomic E-state index is 0.332. The molecule has 0 aliphatic rings. The molecule has 0 radical (unpaired) electrons. The zero-order valence-corrected chi connectivity index (χ0v) is 15.7. The summed E-state index contributed by atoms with van der Waals surface area (Å²) in [6.45, 7) is 2.55. The van der Waals surface area contributed by atoms with Crippen LogP contribution in [0.4, 0.5) is 0 Å². The van der Waals surface area contributed by atoms with Gasteiger partial charge in [-0.1, -0.05) is 34.1 Å². The third kappa shape index (κ3) is 4.37. The van der Waals surface area contributed by atoms with E-state index in [4.69, 9.17) is 4.74 Å². The highest BCUT2D eigenvalue weighted by molar-refractivity contribution is 9.10. The van der Waals surface area contributed by atoms with E-state index in [9.17, 15) is 4.79 Å². The van der Waals surface area contributed by atoms with Crippen molar-refractivity contribution in [1.29, 1.82) is 0 Å². The Morgan fingerprint density at radius 1 is 1.27 bits per heavy atom. The van der Waals surface area contributed by atoms with Crippen LogP contribution in [0.15, 0.2) is 64.2 Å². The summed E-state index contributed by atoms with van der Waals surface area (Å²) in [5, 5.41) is 10.9. The predicted molar refractivity (Wildman–Crippen MR) is 104 cm³/mol. The molecule has 3 aromatic rings.